The molecule has 0 amide bonds. The molecule has 1 aliphatic carbocycles. The summed E-state index contributed by atoms with van der Waals surface area (Å²) in [5, 5.41) is 0. The van der Waals surface area contributed by atoms with Crippen molar-refractivity contribution >= 4 is 17.9 Å². The lowest BCUT2D eigenvalue weighted by Gasteiger charge is -2.16. The number of carbonyl (C=O) groups excluding carboxylic acids is 3. The van der Waals surface area contributed by atoms with E-state index in [4.69, 9.17) is 18.9 Å². The van der Waals surface area contributed by atoms with Crippen molar-refractivity contribution in [2.45, 2.75) is 40.0 Å². The summed E-state index contributed by atoms with van der Waals surface area (Å²) in [6.45, 7) is 15.6. The zero-order valence-electron chi connectivity index (χ0n) is 24.5. The maximum absolute atomic E-state index is 15.7. The van der Waals surface area contributed by atoms with Gasteiger partial charge >= 0.3 is 17.9 Å². The van der Waals surface area contributed by atoms with Crippen molar-refractivity contribution in [3.05, 3.63) is 102 Å². The van der Waals surface area contributed by atoms with Crippen LogP contribution in [0.4, 0.5) is 4.39 Å². The van der Waals surface area contributed by atoms with E-state index >= 15 is 4.39 Å². The quantitative estimate of drug-likeness (QED) is 0.103. The molecular weight excluding hydrogens is 551 g/mol. The molecule has 0 N–H and O–H groups in total. The molecule has 3 aromatic rings. The van der Waals surface area contributed by atoms with Crippen LogP contribution in [0.5, 0.6) is 17.2 Å². The Morgan fingerprint density at radius 3 is 1.86 bits per heavy atom. The molecule has 0 heterocycles. The predicted octanol–water partition coefficient (Wildman–Crippen LogP) is 7.11. The number of rotatable bonds is 11. The van der Waals surface area contributed by atoms with E-state index in [2.05, 4.69) is 19.7 Å². The van der Waals surface area contributed by atoms with Crippen LogP contribution in [-0.4, -0.2) is 31.1 Å². The molecule has 1 aliphatic rings. The SMILES string of the molecule is C=C(C)C(=O)OCCOc1ccc(-c2ccc(-c3cc(OC(=O)C(=C)C)cc(OC(=O)C(=C)C)c3)cc2F)c2c1CCC2. The Morgan fingerprint density at radius 2 is 1.28 bits per heavy atom. The van der Waals surface area contributed by atoms with Gasteiger partial charge in [0.25, 0.3) is 0 Å². The number of halogens is 1. The van der Waals surface area contributed by atoms with Crippen LogP contribution >= 0.6 is 0 Å². The topological polar surface area (TPSA) is 88.1 Å². The highest BCUT2D eigenvalue weighted by molar-refractivity contribution is 5.90. The molecule has 0 saturated carbocycles. The normalized spacial score (nSPS) is 11.7. The maximum atomic E-state index is 15.7. The van der Waals surface area contributed by atoms with E-state index in [1.54, 1.807) is 31.2 Å². The number of hydrogen-bond acceptors (Lipinski definition) is 7. The van der Waals surface area contributed by atoms with E-state index in [0.29, 0.717) is 28.0 Å². The third-order valence-electron chi connectivity index (χ3n) is 6.75. The van der Waals surface area contributed by atoms with Gasteiger partial charge in [-0.05, 0) is 92.1 Å². The molecule has 222 valence electrons. The molecule has 0 fully saturated rings. The second kappa shape index (κ2) is 13.3. The van der Waals surface area contributed by atoms with Crippen molar-refractivity contribution < 1.29 is 37.7 Å². The smallest absolute Gasteiger partial charge is 0.338 e. The standard InChI is InChI=1S/C35H33FO7/c1-20(2)33(37)41-15-14-40-32-13-12-28(27-8-7-9-30(27)32)29-11-10-23(18-31(29)36)24-16-25(42-34(38)21(3)4)19-26(17-24)43-35(39)22(5)6/h10-13,16-19H,1,3,5,7-9,14-15H2,2,4,6H3. The molecular formula is C35H33FO7. The van der Waals surface area contributed by atoms with Gasteiger partial charge in [-0.3, -0.25) is 0 Å². The zero-order valence-corrected chi connectivity index (χ0v) is 24.5. The van der Waals surface area contributed by atoms with E-state index in [-0.39, 0.29) is 35.9 Å². The van der Waals surface area contributed by atoms with Crippen molar-refractivity contribution in [2.24, 2.45) is 0 Å². The zero-order chi connectivity index (χ0) is 31.3. The summed E-state index contributed by atoms with van der Waals surface area (Å²) in [6, 6.07) is 13.0. The van der Waals surface area contributed by atoms with Crippen molar-refractivity contribution in [1.82, 2.24) is 0 Å². The van der Waals surface area contributed by atoms with Crippen LogP contribution in [0.3, 0.4) is 0 Å². The summed E-state index contributed by atoms with van der Waals surface area (Å²) in [5.74, 6) is -1.29. The molecule has 0 unspecified atom stereocenters. The lowest BCUT2D eigenvalue weighted by Crippen LogP contribution is -2.13. The fourth-order valence-electron chi connectivity index (χ4n) is 4.63. The van der Waals surface area contributed by atoms with Gasteiger partial charge in [0.1, 0.15) is 36.3 Å². The van der Waals surface area contributed by atoms with E-state index in [0.717, 1.165) is 36.0 Å². The number of hydrogen-bond donors (Lipinski definition) is 0. The Bertz CT molecular complexity index is 1600. The Kier molecular flexibility index (Phi) is 9.60. The highest BCUT2D eigenvalue weighted by atomic mass is 19.1. The first-order chi connectivity index (χ1) is 20.4. The number of benzene rings is 3. The van der Waals surface area contributed by atoms with Gasteiger partial charge in [-0.25, -0.2) is 18.8 Å². The molecule has 0 saturated heterocycles. The Balaban J connectivity index is 1.62. The third-order valence-corrected chi connectivity index (χ3v) is 6.75. The molecule has 0 radical (unpaired) electrons. The first-order valence-electron chi connectivity index (χ1n) is 13.8. The van der Waals surface area contributed by atoms with Gasteiger partial charge in [-0.2, -0.15) is 0 Å². The van der Waals surface area contributed by atoms with Gasteiger partial charge in [0.2, 0.25) is 0 Å². The molecule has 0 atom stereocenters. The summed E-state index contributed by atoms with van der Waals surface area (Å²) in [6.07, 6.45) is 2.49. The van der Waals surface area contributed by atoms with Crippen molar-refractivity contribution in [3.8, 4) is 39.5 Å². The minimum absolute atomic E-state index is 0.0972. The molecule has 43 heavy (non-hydrogen) atoms. The van der Waals surface area contributed by atoms with Crippen LogP contribution in [0.25, 0.3) is 22.3 Å². The largest absolute Gasteiger partial charge is 0.490 e. The summed E-state index contributed by atoms with van der Waals surface area (Å²) < 4.78 is 37.5. The second-order valence-electron chi connectivity index (χ2n) is 10.4. The fraction of sp³-hybridized carbons (Fsp3) is 0.229. The third kappa shape index (κ3) is 7.46. The summed E-state index contributed by atoms with van der Waals surface area (Å²) >= 11 is 0. The molecule has 0 aromatic heterocycles. The maximum Gasteiger partial charge on any atom is 0.338 e. The number of ether oxygens (including phenoxy) is 4. The molecule has 7 nitrogen and oxygen atoms in total. The first-order valence-corrected chi connectivity index (χ1v) is 13.8. The monoisotopic (exact) mass is 584 g/mol. The molecule has 3 aromatic carbocycles. The Morgan fingerprint density at radius 1 is 0.698 bits per heavy atom. The van der Waals surface area contributed by atoms with Gasteiger partial charge in [-0.15, -0.1) is 0 Å². The lowest BCUT2D eigenvalue weighted by molar-refractivity contribution is -0.139. The molecule has 8 heteroatoms. The average Bonchev–Trinajstić information content (AvgIpc) is 3.45. The van der Waals surface area contributed by atoms with E-state index < -0.39 is 23.7 Å². The molecule has 0 spiro atoms. The minimum Gasteiger partial charge on any atom is -0.490 e. The van der Waals surface area contributed by atoms with E-state index in [1.165, 1.54) is 26.0 Å². The van der Waals surface area contributed by atoms with Gasteiger partial charge < -0.3 is 18.9 Å². The highest BCUT2D eigenvalue weighted by Crippen LogP contribution is 2.40. The van der Waals surface area contributed by atoms with Crippen molar-refractivity contribution in [1.29, 1.82) is 0 Å². The summed E-state index contributed by atoms with van der Waals surface area (Å²) in [5.41, 5.74) is 4.91. The van der Waals surface area contributed by atoms with Crippen LogP contribution in [0, 0.1) is 5.82 Å². The summed E-state index contributed by atoms with van der Waals surface area (Å²) in [4.78, 5) is 35.9. The number of carbonyl (C=O) groups is 3. The number of esters is 3. The van der Waals surface area contributed by atoms with E-state index in [9.17, 15) is 14.4 Å². The Labute approximate surface area is 250 Å². The minimum atomic E-state index is -0.648. The molecule has 0 aliphatic heterocycles. The van der Waals surface area contributed by atoms with Crippen molar-refractivity contribution in [2.75, 3.05) is 13.2 Å². The molecule has 0 bridgehead atoms. The van der Waals surface area contributed by atoms with Crippen LogP contribution in [-0.2, 0) is 32.0 Å². The first kappa shape index (κ1) is 31.0. The van der Waals surface area contributed by atoms with Crippen LogP contribution < -0.4 is 14.2 Å². The van der Waals surface area contributed by atoms with Gasteiger partial charge in [0.15, 0.2) is 0 Å². The number of fused-ring (bicyclic) bond motifs is 1. The average molecular weight is 585 g/mol. The van der Waals surface area contributed by atoms with Crippen LogP contribution in [0.15, 0.2) is 85.0 Å². The Hall–Kier alpha value is -4.98. The molecule has 4 rings (SSSR count). The van der Waals surface area contributed by atoms with Crippen LogP contribution in [0.2, 0.25) is 0 Å². The van der Waals surface area contributed by atoms with Gasteiger partial charge in [-0.1, -0.05) is 37.9 Å². The van der Waals surface area contributed by atoms with Gasteiger partial charge in [0.05, 0.1) is 0 Å². The second-order valence-corrected chi connectivity index (χ2v) is 10.4. The fourth-order valence-corrected chi connectivity index (χ4v) is 4.63. The van der Waals surface area contributed by atoms with Crippen molar-refractivity contribution in [3.63, 3.8) is 0 Å². The van der Waals surface area contributed by atoms with Gasteiger partial charge in [0, 0.05) is 28.3 Å². The van der Waals surface area contributed by atoms with E-state index in [1.807, 2.05) is 12.1 Å². The lowest BCUT2D eigenvalue weighted by atomic mass is 9.94. The highest BCUT2D eigenvalue weighted by Gasteiger charge is 2.22. The predicted molar refractivity (Wildman–Crippen MR) is 161 cm³/mol. The summed E-state index contributed by atoms with van der Waals surface area (Å²) in [7, 11) is 0. The van der Waals surface area contributed by atoms with Crippen LogP contribution in [0.1, 0.15) is 38.3 Å².